The van der Waals surface area contributed by atoms with Gasteiger partial charge < -0.3 is 0 Å². The van der Waals surface area contributed by atoms with E-state index in [1.165, 1.54) is 0 Å². The minimum atomic E-state index is 0.182. The Morgan fingerprint density at radius 1 is 1.30 bits per heavy atom. The largest absolute Gasteiger partial charge is 0.293 e. The molecule has 58 valence electrons. The van der Waals surface area contributed by atoms with Crippen molar-refractivity contribution in [1.29, 1.82) is 0 Å². The van der Waals surface area contributed by atoms with Gasteiger partial charge in [0.25, 0.3) is 0 Å². The summed E-state index contributed by atoms with van der Waals surface area (Å²) < 4.78 is 0. The number of hydrogen-bond acceptors (Lipinski definition) is 1. The fraction of sp³-hybridized carbons (Fsp3) is 0.667. The van der Waals surface area contributed by atoms with E-state index in [9.17, 15) is 0 Å². The lowest BCUT2D eigenvalue weighted by molar-refractivity contribution is 0.593. The Morgan fingerprint density at radius 3 is 1.90 bits per heavy atom. The lowest BCUT2D eigenvalue weighted by atomic mass is 9.90. The molecule has 1 heteroatoms. The molecular weight excluding hydrogens is 122 g/mol. The summed E-state index contributed by atoms with van der Waals surface area (Å²) in [5, 5.41) is 0. The van der Waals surface area contributed by atoms with Gasteiger partial charge in [0.15, 0.2) is 0 Å². The van der Waals surface area contributed by atoms with Gasteiger partial charge in [-0.05, 0) is 13.0 Å². The summed E-state index contributed by atoms with van der Waals surface area (Å²) in [5.41, 5.74) is 1.33. The van der Waals surface area contributed by atoms with Crippen LogP contribution < -0.4 is 0 Å². The molecule has 0 aliphatic heterocycles. The van der Waals surface area contributed by atoms with Crippen molar-refractivity contribution in [3.8, 4) is 0 Å². The van der Waals surface area contributed by atoms with E-state index in [2.05, 4.69) is 31.8 Å². The maximum Gasteiger partial charge on any atom is 0.0395 e. The van der Waals surface area contributed by atoms with Crippen LogP contribution in [-0.4, -0.2) is 12.8 Å². The van der Waals surface area contributed by atoms with Gasteiger partial charge in [-0.15, -0.1) is 0 Å². The molecule has 0 fully saturated rings. The van der Waals surface area contributed by atoms with Gasteiger partial charge in [-0.1, -0.05) is 26.8 Å². The highest BCUT2D eigenvalue weighted by molar-refractivity contribution is 5.98. The van der Waals surface area contributed by atoms with Crippen molar-refractivity contribution < 1.29 is 0 Å². The van der Waals surface area contributed by atoms with Crippen molar-refractivity contribution >= 4 is 5.71 Å². The first-order valence-corrected chi connectivity index (χ1v) is 3.62. The second kappa shape index (κ2) is 3.55. The monoisotopic (exact) mass is 139 g/mol. The molecule has 0 N–H and O–H groups in total. The highest BCUT2D eigenvalue weighted by atomic mass is 14.7. The van der Waals surface area contributed by atoms with E-state index >= 15 is 0 Å². The molecule has 1 nitrogen and oxygen atoms in total. The van der Waals surface area contributed by atoms with Gasteiger partial charge in [-0.2, -0.15) is 0 Å². The Kier molecular flexibility index (Phi) is 3.34. The molecule has 0 aromatic carbocycles. The van der Waals surface area contributed by atoms with E-state index in [1.54, 1.807) is 0 Å². The van der Waals surface area contributed by atoms with E-state index < -0.39 is 0 Å². The summed E-state index contributed by atoms with van der Waals surface area (Å²) >= 11 is 0. The van der Waals surface area contributed by atoms with E-state index in [0.717, 1.165) is 5.71 Å². The third-order valence-corrected chi connectivity index (χ3v) is 1.33. The predicted octanol–water partition coefficient (Wildman–Crippen LogP) is 2.68. The van der Waals surface area contributed by atoms with Crippen LogP contribution in [0.15, 0.2) is 17.1 Å². The molecule has 0 aromatic rings. The van der Waals surface area contributed by atoms with Gasteiger partial charge in [0.1, 0.15) is 0 Å². The van der Waals surface area contributed by atoms with Crippen LogP contribution in [0.3, 0.4) is 0 Å². The molecule has 0 bridgehead atoms. The van der Waals surface area contributed by atoms with Gasteiger partial charge in [0.2, 0.25) is 0 Å². The molecule has 0 radical (unpaired) electrons. The van der Waals surface area contributed by atoms with Crippen LogP contribution in [0.2, 0.25) is 0 Å². The Hall–Kier alpha value is -0.590. The Bertz CT molecular complexity index is 147. The van der Waals surface area contributed by atoms with Crippen molar-refractivity contribution in [1.82, 2.24) is 0 Å². The molecule has 0 saturated heterocycles. The smallest absolute Gasteiger partial charge is 0.0395 e. The van der Waals surface area contributed by atoms with Crippen LogP contribution >= 0.6 is 0 Å². The van der Waals surface area contributed by atoms with Crippen molar-refractivity contribution in [2.45, 2.75) is 27.7 Å². The lowest BCUT2D eigenvalue weighted by Gasteiger charge is -2.17. The summed E-state index contributed by atoms with van der Waals surface area (Å²) in [7, 11) is 1.83. The lowest BCUT2D eigenvalue weighted by Crippen LogP contribution is -2.17. The van der Waals surface area contributed by atoms with Gasteiger partial charge in [0, 0.05) is 18.2 Å². The Balaban J connectivity index is 4.39. The van der Waals surface area contributed by atoms with Crippen molar-refractivity contribution in [2.75, 3.05) is 7.05 Å². The maximum absolute atomic E-state index is 4.18. The summed E-state index contributed by atoms with van der Waals surface area (Å²) in [4.78, 5) is 4.18. The summed E-state index contributed by atoms with van der Waals surface area (Å²) in [5.74, 6) is 0. The summed E-state index contributed by atoms with van der Waals surface area (Å²) in [6.45, 7) is 8.50. The van der Waals surface area contributed by atoms with Crippen molar-refractivity contribution in [3.63, 3.8) is 0 Å². The molecule has 0 rings (SSSR count). The fourth-order valence-electron chi connectivity index (χ4n) is 0.818. The van der Waals surface area contributed by atoms with Gasteiger partial charge in [-0.3, -0.25) is 4.99 Å². The predicted molar refractivity (Wildman–Crippen MR) is 47.6 cm³/mol. The normalized spacial score (nSPS) is 14.7. The summed E-state index contributed by atoms with van der Waals surface area (Å²) in [6, 6.07) is 0. The van der Waals surface area contributed by atoms with Gasteiger partial charge >= 0.3 is 0 Å². The van der Waals surface area contributed by atoms with Crippen LogP contribution in [0, 0.1) is 5.41 Å². The third-order valence-electron chi connectivity index (χ3n) is 1.33. The molecular formula is C9H17N. The number of aliphatic imine (C=N–C) groups is 1. The first kappa shape index (κ1) is 9.41. The molecule has 0 amide bonds. The average molecular weight is 139 g/mol. The molecule has 10 heavy (non-hydrogen) atoms. The quantitative estimate of drug-likeness (QED) is 0.495. The standard InChI is InChI=1S/C9H17N/c1-6-7-8(10-5)9(2,3)4/h6-7H,1-5H3/b7-6-,10-8+. The summed E-state index contributed by atoms with van der Waals surface area (Å²) in [6.07, 6.45) is 4.08. The minimum absolute atomic E-state index is 0.182. The number of allylic oxidation sites excluding steroid dienone is 2. The van der Waals surface area contributed by atoms with Gasteiger partial charge in [0.05, 0.1) is 0 Å². The number of hydrogen-bond donors (Lipinski definition) is 0. The highest BCUT2D eigenvalue weighted by Gasteiger charge is 2.14. The zero-order valence-electron chi connectivity index (χ0n) is 7.60. The molecule has 0 unspecified atom stereocenters. The molecule has 0 aliphatic carbocycles. The van der Waals surface area contributed by atoms with E-state index in [4.69, 9.17) is 0 Å². The zero-order valence-corrected chi connectivity index (χ0v) is 7.60. The molecule has 0 spiro atoms. The molecule has 0 aromatic heterocycles. The molecule has 0 heterocycles. The Labute approximate surface area is 63.9 Å². The fourth-order valence-corrected chi connectivity index (χ4v) is 0.818. The number of nitrogens with zero attached hydrogens (tertiary/aromatic N) is 1. The SMILES string of the molecule is C/C=C\C(=N/C)C(C)(C)C. The van der Waals surface area contributed by atoms with E-state index in [-0.39, 0.29) is 5.41 Å². The molecule has 0 aliphatic rings. The minimum Gasteiger partial charge on any atom is -0.293 e. The second-order valence-corrected chi connectivity index (χ2v) is 3.36. The highest BCUT2D eigenvalue weighted by Crippen LogP contribution is 2.16. The zero-order chi connectivity index (χ0) is 8.20. The van der Waals surface area contributed by atoms with Crippen LogP contribution in [0.25, 0.3) is 0 Å². The first-order valence-electron chi connectivity index (χ1n) is 3.62. The van der Waals surface area contributed by atoms with Crippen LogP contribution in [0.1, 0.15) is 27.7 Å². The average Bonchev–Trinajstić information content (AvgIpc) is 1.80. The van der Waals surface area contributed by atoms with Gasteiger partial charge in [-0.25, -0.2) is 0 Å². The number of rotatable bonds is 1. The third kappa shape index (κ3) is 2.81. The van der Waals surface area contributed by atoms with Crippen LogP contribution in [0.4, 0.5) is 0 Å². The second-order valence-electron chi connectivity index (χ2n) is 3.36. The Morgan fingerprint density at radius 2 is 1.80 bits per heavy atom. The van der Waals surface area contributed by atoms with E-state index in [1.807, 2.05) is 20.0 Å². The van der Waals surface area contributed by atoms with Crippen molar-refractivity contribution in [3.05, 3.63) is 12.2 Å². The van der Waals surface area contributed by atoms with Crippen molar-refractivity contribution in [2.24, 2.45) is 10.4 Å². The van der Waals surface area contributed by atoms with Crippen LogP contribution in [-0.2, 0) is 0 Å². The maximum atomic E-state index is 4.18. The topological polar surface area (TPSA) is 12.4 Å². The molecule has 0 atom stereocenters. The first-order chi connectivity index (χ1) is 4.52. The van der Waals surface area contributed by atoms with E-state index in [0.29, 0.717) is 0 Å². The van der Waals surface area contributed by atoms with Crippen LogP contribution in [0.5, 0.6) is 0 Å². The molecule has 0 saturated carbocycles.